The van der Waals surface area contributed by atoms with Crippen LogP contribution in [0.15, 0.2) is 36.0 Å². The van der Waals surface area contributed by atoms with Crippen LogP contribution in [0.4, 0.5) is 0 Å². The molecule has 5 heteroatoms. The Labute approximate surface area is 150 Å². The summed E-state index contributed by atoms with van der Waals surface area (Å²) in [5, 5.41) is 2.69. The third kappa shape index (κ3) is 6.35. The molecule has 2 amide bonds. The van der Waals surface area contributed by atoms with Gasteiger partial charge in [0, 0.05) is 26.6 Å². The van der Waals surface area contributed by atoms with Crippen molar-refractivity contribution in [2.75, 3.05) is 19.7 Å². The number of hydrogen-bond acceptors (Lipinski definition) is 3. The zero-order valence-electron chi connectivity index (χ0n) is 15.2. The predicted octanol–water partition coefficient (Wildman–Crippen LogP) is 2.97. The third-order valence-corrected chi connectivity index (χ3v) is 4.17. The molecule has 0 aromatic heterocycles. The molecule has 0 spiro atoms. The van der Waals surface area contributed by atoms with Crippen LogP contribution in [0.5, 0.6) is 0 Å². The van der Waals surface area contributed by atoms with Gasteiger partial charge in [-0.3, -0.25) is 9.59 Å². The van der Waals surface area contributed by atoms with Gasteiger partial charge in [0.1, 0.15) is 5.70 Å². The van der Waals surface area contributed by atoms with E-state index in [0.29, 0.717) is 18.8 Å². The highest BCUT2D eigenvalue weighted by Gasteiger charge is 2.23. The van der Waals surface area contributed by atoms with Crippen molar-refractivity contribution in [3.8, 4) is 0 Å². The van der Waals surface area contributed by atoms with E-state index in [1.54, 1.807) is 6.08 Å². The summed E-state index contributed by atoms with van der Waals surface area (Å²) >= 11 is 0. The summed E-state index contributed by atoms with van der Waals surface area (Å²) in [7, 11) is 0. The highest BCUT2D eigenvalue weighted by Crippen LogP contribution is 2.17. The summed E-state index contributed by atoms with van der Waals surface area (Å²) in [6.07, 6.45) is 5.69. The van der Waals surface area contributed by atoms with Crippen LogP contribution >= 0.6 is 0 Å². The van der Waals surface area contributed by atoms with Gasteiger partial charge in [-0.2, -0.15) is 0 Å². The van der Waals surface area contributed by atoms with E-state index in [9.17, 15) is 9.59 Å². The van der Waals surface area contributed by atoms with Gasteiger partial charge in [-0.15, -0.1) is 0 Å². The minimum Gasteiger partial charge on any atom is -0.378 e. The highest BCUT2D eigenvalue weighted by molar-refractivity contribution is 6.00. The second-order valence-corrected chi connectivity index (χ2v) is 6.37. The largest absolute Gasteiger partial charge is 0.378 e. The summed E-state index contributed by atoms with van der Waals surface area (Å²) in [6.45, 7) is 5.63. The first-order valence-corrected chi connectivity index (χ1v) is 9.05. The van der Waals surface area contributed by atoms with Crippen molar-refractivity contribution in [1.82, 2.24) is 10.2 Å². The fraction of sp³-hybridized carbons (Fsp3) is 0.500. The standard InChI is InChI=1S/C20H28N2O3/c1-3-14-25-18-10-7-12-22(13-11-18)20(24)19(21-16(2)23)15-17-8-5-4-6-9-17/h4-6,8-9,15,18H,3,7,10-14H2,1-2H3,(H,21,23)/b19-15-/t18-/m0/s1. The minimum absolute atomic E-state index is 0.129. The number of nitrogens with one attached hydrogen (secondary N) is 1. The van der Waals surface area contributed by atoms with Crippen molar-refractivity contribution >= 4 is 17.9 Å². The fourth-order valence-electron chi connectivity index (χ4n) is 2.95. The molecular weight excluding hydrogens is 316 g/mol. The van der Waals surface area contributed by atoms with Gasteiger partial charge < -0.3 is 15.0 Å². The summed E-state index contributed by atoms with van der Waals surface area (Å²) in [4.78, 5) is 26.3. The van der Waals surface area contributed by atoms with Gasteiger partial charge in [0.25, 0.3) is 5.91 Å². The van der Waals surface area contributed by atoms with Crippen molar-refractivity contribution in [3.63, 3.8) is 0 Å². The van der Waals surface area contributed by atoms with Crippen LogP contribution in [-0.2, 0) is 14.3 Å². The molecule has 1 aliphatic heterocycles. The minimum atomic E-state index is -0.241. The zero-order valence-corrected chi connectivity index (χ0v) is 15.2. The Morgan fingerprint density at radius 1 is 1.24 bits per heavy atom. The van der Waals surface area contributed by atoms with Gasteiger partial charge in [-0.05, 0) is 37.3 Å². The lowest BCUT2D eigenvalue weighted by Crippen LogP contribution is -2.38. The molecule has 2 rings (SSSR count). The molecule has 1 saturated heterocycles. The molecule has 0 aliphatic carbocycles. The van der Waals surface area contributed by atoms with E-state index in [0.717, 1.165) is 37.9 Å². The second kappa shape index (κ2) is 9.99. The molecule has 1 aromatic rings. The molecule has 1 aliphatic rings. The zero-order chi connectivity index (χ0) is 18.1. The van der Waals surface area contributed by atoms with Crippen molar-refractivity contribution in [2.24, 2.45) is 0 Å². The van der Waals surface area contributed by atoms with E-state index < -0.39 is 0 Å². The summed E-state index contributed by atoms with van der Waals surface area (Å²) < 4.78 is 5.84. The number of benzene rings is 1. The molecule has 1 N–H and O–H groups in total. The van der Waals surface area contributed by atoms with Gasteiger partial charge in [0.05, 0.1) is 6.10 Å². The molecule has 5 nitrogen and oxygen atoms in total. The number of carbonyl (C=O) groups is 2. The van der Waals surface area contributed by atoms with Gasteiger partial charge in [-0.1, -0.05) is 37.3 Å². The molecule has 1 heterocycles. The van der Waals surface area contributed by atoms with Crippen LogP contribution in [0.1, 0.15) is 45.1 Å². The molecule has 0 radical (unpaired) electrons. The van der Waals surface area contributed by atoms with Crippen LogP contribution in [-0.4, -0.2) is 42.5 Å². The lowest BCUT2D eigenvalue weighted by atomic mass is 10.1. The number of carbonyl (C=O) groups excluding carboxylic acids is 2. The van der Waals surface area contributed by atoms with E-state index in [2.05, 4.69) is 12.2 Å². The van der Waals surface area contributed by atoms with Crippen molar-refractivity contribution in [3.05, 3.63) is 41.6 Å². The first-order chi connectivity index (χ1) is 12.1. The first-order valence-electron chi connectivity index (χ1n) is 9.05. The normalized spacial score (nSPS) is 18.6. The quantitative estimate of drug-likeness (QED) is 0.807. The number of likely N-dealkylation sites (tertiary alicyclic amines) is 1. The topological polar surface area (TPSA) is 58.6 Å². The Kier molecular flexibility index (Phi) is 7.67. The summed E-state index contributed by atoms with van der Waals surface area (Å²) in [5.74, 6) is -0.371. The van der Waals surface area contributed by atoms with Crippen molar-refractivity contribution in [1.29, 1.82) is 0 Å². The number of rotatable bonds is 6. The SMILES string of the molecule is CCCO[C@H]1CCCN(C(=O)/C(=C/c2ccccc2)NC(C)=O)CC1. The van der Waals surface area contributed by atoms with Gasteiger partial charge in [0.2, 0.25) is 5.91 Å². The van der Waals surface area contributed by atoms with E-state index in [4.69, 9.17) is 4.74 Å². The average molecular weight is 344 g/mol. The van der Waals surface area contributed by atoms with E-state index in [1.807, 2.05) is 35.2 Å². The van der Waals surface area contributed by atoms with Crippen molar-refractivity contribution < 1.29 is 14.3 Å². The molecular formula is C20H28N2O3. The van der Waals surface area contributed by atoms with Crippen LogP contribution in [0, 0.1) is 0 Å². The Bertz CT molecular complexity index is 598. The van der Waals surface area contributed by atoms with Crippen molar-refractivity contribution in [2.45, 2.75) is 45.6 Å². The smallest absolute Gasteiger partial charge is 0.270 e. The number of nitrogens with zero attached hydrogens (tertiary/aromatic N) is 1. The number of hydrogen-bond donors (Lipinski definition) is 1. The Balaban J connectivity index is 2.08. The predicted molar refractivity (Wildman–Crippen MR) is 98.7 cm³/mol. The molecule has 1 aromatic carbocycles. The monoisotopic (exact) mass is 344 g/mol. The molecule has 0 bridgehead atoms. The molecule has 1 fully saturated rings. The highest BCUT2D eigenvalue weighted by atomic mass is 16.5. The average Bonchev–Trinajstić information content (AvgIpc) is 2.85. The Morgan fingerprint density at radius 2 is 2.00 bits per heavy atom. The Morgan fingerprint density at radius 3 is 2.68 bits per heavy atom. The maximum atomic E-state index is 12.9. The maximum Gasteiger partial charge on any atom is 0.270 e. The van der Waals surface area contributed by atoms with E-state index >= 15 is 0 Å². The third-order valence-electron chi connectivity index (χ3n) is 4.17. The van der Waals surface area contributed by atoms with Gasteiger partial charge in [0.15, 0.2) is 0 Å². The van der Waals surface area contributed by atoms with Gasteiger partial charge in [-0.25, -0.2) is 0 Å². The molecule has 1 atom stereocenters. The first kappa shape index (κ1) is 19.2. The van der Waals surface area contributed by atoms with Gasteiger partial charge >= 0.3 is 0 Å². The molecule has 0 saturated carbocycles. The van der Waals surface area contributed by atoms with Crippen LogP contribution in [0.25, 0.3) is 6.08 Å². The van der Waals surface area contributed by atoms with E-state index in [-0.39, 0.29) is 17.9 Å². The second-order valence-electron chi connectivity index (χ2n) is 6.37. The summed E-state index contributed by atoms with van der Waals surface area (Å²) in [5.41, 5.74) is 1.21. The van der Waals surface area contributed by atoms with E-state index in [1.165, 1.54) is 6.92 Å². The molecule has 25 heavy (non-hydrogen) atoms. The number of amides is 2. The lowest BCUT2D eigenvalue weighted by molar-refractivity contribution is -0.129. The van der Waals surface area contributed by atoms with Crippen LogP contribution in [0.2, 0.25) is 0 Å². The van der Waals surface area contributed by atoms with Crippen LogP contribution < -0.4 is 5.32 Å². The maximum absolute atomic E-state index is 12.9. The summed E-state index contributed by atoms with van der Waals surface area (Å²) in [6, 6.07) is 9.55. The van der Waals surface area contributed by atoms with Crippen LogP contribution in [0.3, 0.4) is 0 Å². The Hall–Kier alpha value is -2.14. The molecule has 136 valence electrons. The fourth-order valence-corrected chi connectivity index (χ4v) is 2.95. The molecule has 0 unspecified atom stereocenters. The lowest BCUT2D eigenvalue weighted by Gasteiger charge is -2.22. The number of ether oxygens (including phenoxy) is 1.